The van der Waals surface area contributed by atoms with Crippen molar-refractivity contribution in [3.05, 3.63) is 95.3 Å². The van der Waals surface area contributed by atoms with Crippen molar-refractivity contribution in [3.8, 4) is 0 Å². The molecule has 0 aliphatic rings. The molecule has 150 valence electrons. The number of aryl methyl sites for hydroxylation is 1. The number of sulfonamides is 1. The number of nitrogens with one attached hydrogen (secondary N) is 2. The van der Waals surface area contributed by atoms with Crippen LogP contribution in [0.2, 0.25) is 0 Å². The lowest BCUT2D eigenvalue weighted by molar-refractivity contribution is 0.0939. The highest BCUT2D eigenvalue weighted by Gasteiger charge is 2.19. The highest BCUT2D eigenvalue weighted by atomic mass is 32.2. The minimum atomic E-state index is -4.05. The third kappa shape index (κ3) is 5.00. The Bertz CT molecular complexity index is 1130. The molecule has 1 atom stereocenters. The minimum Gasteiger partial charge on any atom is -0.346 e. The average molecular weight is 412 g/mol. The molecule has 0 radical (unpaired) electrons. The summed E-state index contributed by atoms with van der Waals surface area (Å²) >= 11 is 0. The van der Waals surface area contributed by atoms with Crippen LogP contribution in [0.25, 0.3) is 0 Å². The summed E-state index contributed by atoms with van der Waals surface area (Å²) in [6.45, 7) is 3.83. The van der Waals surface area contributed by atoms with Gasteiger partial charge >= 0.3 is 0 Å². The van der Waals surface area contributed by atoms with Crippen molar-refractivity contribution < 1.29 is 17.6 Å². The molecule has 0 heterocycles. The Morgan fingerprint density at radius 1 is 0.966 bits per heavy atom. The van der Waals surface area contributed by atoms with E-state index in [1.165, 1.54) is 42.5 Å². The van der Waals surface area contributed by atoms with Crippen LogP contribution in [0.15, 0.2) is 77.7 Å². The van der Waals surface area contributed by atoms with Crippen LogP contribution < -0.4 is 10.0 Å². The molecule has 0 spiro atoms. The predicted octanol–water partition coefficient (Wildman–Crippen LogP) is 4.43. The Hall–Kier alpha value is -3.19. The SMILES string of the molecule is Cc1ccc([C@@H](C)NC(=O)c2cccc(S(=O)(=O)Nc3ccccc3F)c2)cc1. The maximum absolute atomic E-state index is 13.8. The second kappa shape index (κ2) is 8.45. The number of carbonyl (C=O) groups is 1. The largest absolute Gasteiger partial charge is 0.346 e. The molecular weight excluding hydrogens is 391 g/mol. The molecule has 7 heteroatoms. The first kappa shape index (κ1) is 20.5. The number of halogens is 1. The van der Waals surface area contributed by atoms with Gasteiger partial charge in [0, 0.05) is 5.56 Å². The first-order valence-electron chi connectivity index (χ1n) is 9.01. The summed E-state index contributed by atoms with van der Waals surface area (Å²) in [5, 5.41) is 2.86. The van der Waals surface area contributed by atoms with E-state index in [1.807, 2.05) is 38.1 Å². The fourth-order valence-corrected chi connectivity index (χ4v) is 3.88. The molecule has 3 rings (SSSR count). The van der Waals surface area contributed by atoms with E-state index in [2.05, 4.69) is 10.0 Å². The van der Waals surface area contributed by atoms with E-state index in [4.69, 9.17) is 0 Å². The van der Waals surface area contributed by atoms with Crippen molar-refractivity contribution in [2.75, 3.05) is 4.72 Å². The monoisotopic (exact) mass is 412 g/mol. The second-order valence-corrected chi connectivity index (χ2v) is 8.40. The van der Waals surface area contributed by atoms with Crippen LogP contribution >= 0.6 is 0 Å². The van der Waals surface area contributed by atoms with Gasteiger partial charge in [0.15, 0.2) is 0 Å². The van der Waals surface area contributed by atoms with Crippen LogP contribution in [0.3, 0.4) is 0 Å². The molecule has 5 nitrogen and oxygen atoms in total. The number of rotatable bonds is 6. The minimum absolute atomic E-state index is 0.128. The maximum atomic E-state index is 13.8. The fraction of sp³-hybridized carbons (Fsp3) is 0.136. The molecule has 3 aromatic rings. The summed E-state index contributed by atoms with van der Waals surface area (Å²) in [4.78, 5) is 12.5. The number of benzene rings is 3. The van der Waals surface area contributed by atoms with E-state index < -0.39 is 21.7 Å². The lowest BCUT2D eigenvalue weighted by atomic mass is 10.1. The van der Waals surface area contributed by atoms with Gasteiger partial charge in [-0.3, -0.25) is 9.52 Å². The van der Waals surface area contributed by atoms with Crippen molar-refractivity contribution in [2.45, 2.75) is 24.8 Å². The third-order valence-electron chi connectivity index (χ3n) is 4.45. The summed E-state index contributed by atoms with van der Waals surface area (Å²) in [5.41, 5.74) is 2.09. The van der Waals surface area contributed by atoms with E-state index >= 15 is 0 Å². The van der Waals surface area contributed by atoms with Crippen LogP contribution in [-0.2, 0) is 10.0 Å². The van der Waals surface area contributed by atoms with Crippen LogP contribution in [-0.4, -0.2) is 14.3 Å². The highest BCUT2D eigenvalue weighted by Crippen LogP contribution is 2.20. The quantitative estimate of drug-likeness (QED) is 0.629. The van der Waals surface area contributed by atoms with Crippen molar-refractivity contribution in [1.82, 2.24) is 5.32 Å². The van der Waals surface area contributed by atoms with Gasteiger partial charge in [0.25, 0.3) is 15.9 Å². The number of hydrogen-bond acceptors (Lipinski definition) is 3. The molecular formula is C22H21FN2O3S. The molecule has 29 heavy (non-hydrogen) atoms. The lowest BCUT2D eigenvalue weighted by Crippen LogP contribution is -2.27. The summed E-state index contributed by atoms with van der Waals surface area (Å²) < 4.78 is 41.2. The molecule has 1 amide bonds. The molecule has 0 fully saturated rings. The van der Waals surface area contributed by atoms with E-state index in [9.17, 15) is 17.6 Å². The molecule has 0 aliphatic heterocycles. The zero-order valence-corrected chi connectivity index (χ0v) is 16.8. The molecule has 2 N–H and O–H groups in total. The van der Waals surface area contributed by atoms with E-state index in [0.717, 1.165) is 17.2 Å². The van der Waals surface area contributed by atoms with Gasteiger partial charge in [0.2, 0.25) is 0 Å². The Morgan fingerprint density at radius 2 is 1.66 bits per heavy atom. The van der Waals surface area contributed by atoms with Gasteiger partial charge in [0.1, 0.15) is 5.82 Å². The first-order chi connectivity index (χ1) is 13.8. The van der Waals surface area contributed by atoms with Crippen molar-refractivity contribution in [1.29, 1.82) is 0 Å². The van der Waals surface area contributed by atoms with Crippen LogP contribution in [0, 0.1) is 12.7 Å². The van der Waals surface area contributed by atoms with E-state index in [0.29, 0.717) is 0 Å². The Balaban J connectivity index is 1.78. The fourth-order valence-electron chi connectivity index (χ4n) is 2.77. The first-order valence-corrected chi connectivity index (χ1v) is 10.5. The molecule has 0 aromatic heterocycles. The molecule has 3 aromatic carbocycles. The van der Waals surface area contributed by atoms with Gasteiger partial charge < -0.3 is 5.32 Å². The average Bonchev–Trinajstić information content (AvgIpc) is 2.70. The number of anilines is 1. The number of hydrogen-bond donors (Lipinski definition) is 2. The molecule has 0 aliphatic carbocycles. The third-order valence-corrected chi connectivity index (χ3v) is 5.81. The summed E-state index contributed by atoms with van der Waals surface area (Å²) in [6, 6.07) is 18.6. The van der Waals surface area contributed by atoms with Gasteiger partial charge in [-0.25, -0.2) is 12.8 Å². The van der Waals surface area contributed by atoms with E-state index in [1.54, 1.807) is 0 Å². The molecule has 0 bridgehead atoms. The predicted molar refractivity (Wildman–Crippen MR) is 111 cm³/mol. The normalized spacial score (nSPS) is 12.2. The van der Waals surface area contributed by atoms with Gasteiger partial charge in [-0.05, 0) is 49.7 Å². The Kier molecular flexibility index (Phi) is 5.98. The maximum Gasteiger partial charge on any atom is 0.262 e. The van der Waals surface area contributed by atoms with Crippen LogP contribution in [0.1, 0.15) is 34.5 Å². The molecule has 0 saturated carbocycles. The number of para-hydroxylation sites is 1. The van der Waals surface area contributed by atoms with Gasteiger partial charge in [0.05, 0.1) is 16.6 Å². The molecule has 0 saturated heterocycles. The van der Waals surface area contributed by atoms with Crippen molar-refractivity contribution in [3.63, 3.8) is 0 Å². The highest BCUT2D eigenvalue weighted by molar-refractivity contribution is 7.92. The van der Waals surface area contributed by atoms with Gasteiger partial charge in [-0.15, -0.1) is 0 Å². The van der Waals surface area contributed by atoms with Crippen LogP contribution in [0.5, 0.6) is 0 Å². The molecule has 0 unspecified atom stereocenters. The standard InChI is InChI=1S/C22H21FN2O3S/c1-15-10-12-17(13-11-15)16(2)24-22(26)18-6-5-7-19(14-18)29(27,28)25-21-9-4-3-8-20(21)23/h3-14,16,25H,1-2H3,(H,24,26)/t16-/m1/s1. The Morgan fingerprint density at radius 3 is 2.34 bits per heavy atom. The van der Waals surface area contributed by atoms with Gasteiger partial charge in [-0.1, -0.05) is 48.0 Å². The lowest BCUT2D eigenvalue weighted by Gasteiger charge is -2.15. The zero-order valence-electron chi connectivity index (χ0n) is 16.0. The van der Waals surface area contributed by atoms with E-state index in [-0.39, 0.29) is 22.2 Å². The summed E-state index contributed by atoms with van der Waals surface area (Å²) in [7, 11) is -4.05. The van der Waals surface area contributed by atoms with Crippen molar-refractivity contribution >= 4 is 21.6 Å². The smallest absolute Gasteiger partial charge is 0.262 e. The number of carbonyl (C=O) groups excluding carboxylic acids is 1. The van der Waals surface area contributed by atoms with Gasteiger partial charge in [-0.2, -0.15) is 0 Å². The Labute approximate surface area is 169 Å². The number of amides is 1. The van der Waals surface area contributed by atoms with Crippen molar-refractivity contribution in [2.24, 2.45) is 0 Å². The summed E-state index contributed by atoms with van der Waals surface area (Å²) in [6.07, 6.45) is 0. The second-order valence-electron chi connectivity index (χ2n) is 6.72. The summed E-state index contributed by atoms with van der Waals surface area (Å²) in [5.74, 6) is -1.09. The topological polar surface area (TPSA) is 75.3 Å². The van der Waals surface area contributed by atoms with Crippen LogP contribution in [0.4, 0.5) is 10.1 Å². The zero-order chi connectivity index (χ0) is 21.0.